The van der Waals surface area contributed by atoms with Crippen LogP contribution >= 0.6 is 11.8 Å². The Kier molecular flexibility index (Phi) is 3.15. The summed E-state index contributed by atoms with van der Waals surface area (Å²) in [6, 6.07) is 4.93. The molecule has 0 saturated heterocycles. The molecule has 0 aliphatic carbocycles. The van der Waals surface area contributed by atoms with Crippen molar-refractivity contribution in [1.29, 1.82) is 0 Å². The van der Waals surface area contributed by atoms with E-state index in [0.29, 0.717) is 5.25 Å². The molecule has 0 aromatic heterocycles. The molecule has 0 radical (unpaired) electrons. The Bertz CT molecular complexity index is 269. The fourth-order valence-corrected chi connectivity index (χ4v) is 1.90. The molecule has 0 aliphatic rings. The number of aryl methyl sites for hydroxylation is 1. The van der Waals surface area contributed by atoms with Gasteiger partial charge < -0.3 is 0 Å². The molecule has 0 nitrogen and oxygen atoms in total. The number of hydrogen-bond donors (Lipinski definition) is 0. The molecule has 66 valence electrons. The molecule has 0 N–H and O–H groups in total. The van der Waals surface area contributed by atoms with Gasteiger partial charge in [-0.2, -0.15) is 0 Å². The fourth-order valence-electron chi connectivity index (χ4n) is 0.999. The maximum Gasteiger partial charge on any atom is 0.123 e. The first kappa shape index (κ1) is 9.59. The molecule has 0 spiro atoms. The third-order valence-corrected chi connectivity index (χ3v) is 2.68. The van der Waals surface area contributed by atoms with Crippen molar-refractivity contribution < 1.29 is 4.39 Å². The molecule has 2 heteroatoms. The van der Waals surface area contributed by atoms with Crippen LogP contribution in [0.15, 0.2) is 23.1 Å². The molecule has 0 atom stereocenters. The highest BCUT2D eigenvalue weighted by Gasteiger charge is 2.02. The van der Waals surface area contributed by atoms with Gasteiger partial charge in [0.05, 0.1) is 0 Å². The summed E-state index contributed by atoms with van der Waals surface area (Å²) in [5.74, 6) is -0.152. The molecule has 0 aliphatic heterocycles. The van der Waals surface area contributed by atoms with Crippen LogP contribution in [0.25, 0.3) is 0 Å². The Morgan fingerprint density at radius 3 is 2.50 bits per heavy atom. The normalized spacial score (nSPS) is 10.8. The van der Waals surface area contributed by atoms with E-state index in [1.54, 1.807) is 17.8 Å². The standard InChI is InChI=1S/C10H13FS/c1-7(2)12-10-5-4-9(11)6-8(10)3/h4-7H,1-3H3. The van der Waals surface area contributed by atoms with Crippen molar-refractivity contribution in [3.8, 4) is 0 Å². The van der Waals surface area contributed by atoms with Crippen LogP contribution in [0.2, 0.25) is 0 Å². The van der Waals surface area contributed by atoms with Crippen LogP contribution in [0.5, 0.6) is 0 Å². The second kappa shape index (κ2) is 3.94. The average molecular weight is 184 g/mol. The molecule has 1 rings (SSSR count). The van der Waals surface area contributed by atoms with E-state index >= 15 is 0 Å². The maximum atomic E-state index is 12.7. The summed E-state index contributed by atoms with van der Waals surface area (Å²) < 4.78 is 12.7. The zero-order chi connectivity index (χ0) is 9.14. The van der Waals surface area contributed by atoms with E-state index in [0.717, 1.165) is 5.56 Å². The van der Waals surface area contributed by atoms with Gasteiger partial charge in [0.1, 0.15) is 5.82 Å². The van der Waals surface area contributed by atoms with Crippen LogP contribution in [0.4, 0.5) is 4.39 Å². The summed E-state index contributed by atoms with van der Waals surface area (Å²) in [5, 5.41) is 0.550. The van der Waals surface area contributed by atoms with Gasteiger partial charge >= 0.3 is 0 Å². The summed E-state index contributed by atoms with van der Waals surface area (Å²) in [5.41, 5.74) is 1.02. The molecule has 0 amide bonds. The molecule has 0 heterocycles. The Morgan fingerprint density at radius 2 is 2.00 bits per heavy atom. The predicted molar refractivity (Wildman–Crippen MR) is 52.1 cm³/mol. The zero-order valence-corrected chi connectivity index (χ0v) is 8.41. The van der Waals surface area contributed by atoms with Crippen LogP contribution < -0.4 is 0 Å². The van der Waals surface area contributed by atoms with Crippen LogP contribution in [0.3, 0.4) is 0 Å². The Hall–Kier alpha value is -0.500. The first-order valence-corrected chi connectivity index (χ1v) is 4.90. The van der Waals surface area contributed by atoms with Crippen molar-refractivity contribution in [2.24, 2.45) is 0 Å². The number of benzene rings is 1. The Labute approximate surface area is 77.2 Å². The molecular weight excluding hydrogens is 171 g/mol. The lowest BCUT2D eigenvalue weighted by molar-refractivity contribution is 0.625. The largest absolute Gasteiger partial charge is 0.207 e. The van der Waals surface area contributed by atoms with Crippen molar-refractivity contribution in [2.75, 3.05) is 0 Å². The van der Waals surface area contributed by atoms with Crippen LogP contribution in [0, 0.1) is 12.7 Å². The first-order chi connectivity index (χ1) is 5.59. The van der Waals surface area contributed by atoms with E-state index < -0.39 is 0 Å². The van der Waals surface area contributed by atoms with Crippen LogP contribution in [-0.2, 0) is 0 Å². The second-order valence-corrected chi connectivity index (χ2v) is 4.69. The second-order valence-electron chi connectivity index (χ2n) is 3.08. The predicted octanol–water partition coefficient (Wildman–Crippen LogP) is 3.63. The lowest BCUT2D eigenvalue weighted by atomic mass is 10.2. The number of rotatable bonds is 2. The quantitative estimate of drug-likeness (QED) is 0.632. The molecular formula is C10H13FS. The van der Waals surface area contributed by atoms with Gasteiger partial charge in [0, 0.05) is 10.1 Å². The number of thioether (sulfide) groups is 1. The van der Waals surface area contributed by atoms with Crippen molar-refractivity contribution in [2.45, 2.75) is 30.9 Å². The fraction of sp³-hybridized carbons (Fsp3) is 0.400. The SMILES string of the molecule is Cc1cc(F)ccc1SC(C)C. The van der Waals surface area contributed by atoms with Gasteiger partial charge in [0.25, 0.3) is 0 Å². The van der Waals surface area contributed by atoms with Crippen molar-refractivity contribution in [1.82, 2.24) is 0 Å². The topological polar surface area (TPSA) is 0 Å². The van der Waals surface area contributed by atoms with Gasteiger partial charge in [-0.15, -0.1) is 11.8 Å². The summed E-state index contributed by atoms with van der Waals surface area (Å²) in [7, 11) is 0. The highest BCUT2D eigenvalue weighted by Crippen LogP contribution is 2.26. The molecule has 0 bridgehead atoms. The minimum atomic E-state index is -0.152. The Balaban J connectivity index is 2.86. The zero-order valence-electron chi connectivity index (χ0n) is 7.60. The highest BCUT2D eigenvalue weighted by molar-refractivity contribution is 8.00. The Morgan fingerprint density at radius 1 is 1.33 bits per heavy atom. The van der Waals surface area contributed by atoms with Crippen molar-refractivity contribution in [3.05, 3.63) is 29.6 Å². The number of halogens is 1. The van der Waals surface area contributed by atoms with Gasteiger partial charge in [-0.25, -0.2) is 4.39 Å². The van der Waals surface area contributed by atoms with Crippen LogP contribution in [-0.4, -0.2) is 5.25 Å². The van der Waals surface area contributed by atoms with Gasteiger partial charge in [-0.3, -0.25) is 0 Å². The van der Waals surface area contributed by atoms with Crippen LogP contribution in [0.1, 0.15) is 19.4 Å². The maximum absolute atomic E-state index is 12.7. The molecule has 0 unspecified atom stereocenters. The highest BCUT2D eigenvalue weighted by atomic mass is 32.2. The molecule has 1 aromatic carbocycles. The van der Waals surface area contributed by atoms with E-state index in [-0.39, 0.29) is 5.82 Å². The average Bonchev–Trinajstić information content (AvgIpc) is 1.94. The van der Waals surface area contributed by atoms with Gasteiger partial charge in [0.2, 0.25) is 0 Å². The van der Waals surface area contributed by atoms with E-state index in [2.05, 4.69) is 13.8 Å². The van der Waals surface area contributed by atoms with E-state index in [9.17, 15) is 4.39 Å². The monoisotopic (exact) mass is 184 g/mol. The van der Waals surface area contributed by atoms with E-state index in [4.69, 9.17) is 0 Å². The third kappa shape index (κ3) is 2.52. The smallest absolute Gasteiger partial charge is 0.123 e. The first-order valence-electron chi connectivity index (χ1n) is 4.02. The van der Waals surface area contributed by atoms with Gasteiger partial charge in [0.15, 0.2) is 0 Å². The lowest BCUT2D eigenvalue weighted by Crippen LogP contribution is -1.89. The minimum absolute atomic E-state index is 0.152. The lowest BCUT2D eigenvalue weighted by Gasteiger charge is -2.07. The van der Waals surface area contributed by atoms with Gasteiger partial charge in [-0.05, 0) is 30.7 Å². The summed E-state index contributed by atoms with van der Waals surface area (Å²) >= 11 is 1.77. The third-order valence-electron chi connectivity index (χ3n) is 1.50. The number of hydrogen-bond acceptors (Lipinski definition) is 1. The summed E-state index contributed by atoms with van der Waals surface area (Å²) in [6.45, 7) is 6.20. The van der Waals surface area contributed by atoms with E-state index in [1.807, 2.05) is 13.0 Å². The molecule has 0 saturated carbocycles. The van der Waals surface area contributed by atoms with Gasteiger partial charge in [-0.1, -0.05) is 13.8 Å². The summed E-state index contributed by atoms with van der Waals surface area (Å²) in [6.07, 6.45) is 0. The van der Waals surface area contributed by atoms with Crippen molar-refractivity contribution >= 4 is 11.8 Å². The van der Waals surface area contributed by atoms with E-state index in [1.165, 1.54) is 11.0 Å². The van der Waals surface area contributed by atoms with Crippen molar-refractivity contribution in [3.63, 3.8) is 0 Å². The minimum Gasteiger partial charge on any atom is -0.207 e. The summed E-state index contributed by atoms with van der Waals surface area (Å²) in [4.78, 5) is 1.17. The molecule has 12 heavy (non-hydrogen) atoms. The molecule has 1 aromatic rings. The molecule has 0 fully saturated rings.